The molecule has 2 N–H and O–H groups in total. The van der Waals surface area contributed by atoms with Crippen LogP contribution in [0.25, 0.3) is 10.9 Å². The first-order valence-electron chi connectivity index (χ1n) is 9.43. The van der Waals surface area contributed by atoms with E-state index >= 15 is 0 Å². The Labute approximate surface area is 154 Å². The molecule has 1 aromatic carbocycles. The lowest BCUT2D eigenvalue weighted by Crippen LogP contribution is -2.50. The lowest BCUT2D eigenvalue weighted by molar-refractivity contribution is -0.126. The third-order valence-electron chi connectivity index (χ3n) is 5.53. The maximum absolute atomic E-state index is 12.9. The largest absolute Gasteiger partial charge is 0.349 e. The van der Waals surface area contributed by atoms with E-state index < -0.39 is 0 Å². The fraction of sp³-hybridized carbons (Fsp3) is 0.550. The topological polar surface area (TPSA) is 78.1 Å². The van der Waals surface area contributed by atoms with Crippen molar-refractivity contribution in [1.82, 2.24) is 20.4 Å². The van der Waals surface area contributed by atoms with Crippen molar-refractivity contribution in [3.8, 4) is 0 Å². The minimum Gasteiger partial charge on any atom is -0.349 e. The number of rotatable bonds is 5. The van der Waals surface area contributed by atoms with Gasteiger partial charge in [-0.2, -0.15) is 5.10 Å². The minimum absolute atomic E-state index is 0.00643. The van der Waals surface area contributed by atoms with E-state index in [0.717, 1.165) is 35.9 Å². The Hall–Kier alpha value is -2.37. The number of aromatic amines is 1. The van der Waals surface area contributed by atoms with Crippen molar-refractivity contribution in [2.45, 2.75) is 52.5 Å². The molecule has 0 aliphatic carbocycles. The van der Waals surface area contributed by atoms with Gasteiger partial charge in [0.05, 0.1) is 11.1 Å². The molecule has 6 heteroatoms. The van der Waals surface area contributed by atoms with Crippen LogP contribution >= 0.6 is 0 Å². The average molecular weight is 356 g/mol. The summed E-state index contributed by atoms with van der Waals surface area (Å²) in [5, 5.41) is 11.4. The van der Waals surface area contributed by atoms with Crippen molar-refractivity contribution in [3.63, 3.8) is 0 Å². The number of aromatic nitrogens is 2. The summed E-state index contributed by atoms with van der Waals surface area (Å²) in [7, 11) is 0. The molecule has 26 heavy (non-hydrogen) atoms. The van der Waals surface area contributed by atoms with Gasteiger partial charge >= 0.3 is 0 Å². The van der Waals surface area contributed by atoms with Crippen LogP contribution in [0.5, 0.6) is 0 Å². The van der Waals surface area contributed by atoms with Crippen LogP contribution in [0.3, 0.4) is 0 Å². The zero-order valence-electron chi connectivity index (χ0n) is 16.1. The second-order valence-electron chi connectivity index (χ2n) is 7.62. The molecule has 140 valence electrons. The predicted octanol–water partition coefficient (Wildman–Crippen LogP) is 3.03. The number of carbonyl (C=O) groups excluding carboxylic acids is 2. The molecule has 1 unspecified atom stereocenters. The standard InChI is InChI=1S/C20H28N4O2/c1-5-14(6-2)18(25)21-20(4)9-10-24(12-20)19(26)15-7-8-16-13(3)22-23-17(16)11-15/h7-8,11,14H,5-6,9-10,12H2,1-4H3,(H,21,25)(H,22,23). The molecule has 0 bridgehead atoms. The highest BCUT2D eigenvalue weighted by Gasteiger charge is 2.38. The highest BCUT2D eigenvalue weighted by atomic mass is 16.2. The third-order valence-corrected chi connectivity index (χ3v) is 5.53. The van der Waals surface area contributed by atoms with Crippen LogP contribution < -0.4 is 5.32 Å². The van der Waals surface area contributed by atoms with Crippen LogP contribution in [0.15, 0.2) is 18.2 Å². The summed E-state index contributed by atoms with van der Waals surface area (Å²) >= 11 is 0. The maximum atomic E-state index is 12.9. The second-order valence-corrected chi connectivity index (χ2v) is 7.62. The lowest BCUT2D eigenvalue weighted by Gasteiger charge is -2.28. The number of nitrogens with one attached hydrogen (secondary N) is 2. The Kier molecular flexibility index (Phi) is 5.03. The zero-order chi connectivity index (χ0) is 18.9. The van der Waals surface area contributed by atoms with Gasteiger partial charge in [0.25, 0.3) is 5.91 Å². The first-order chi connectivity index (χ1) is 12.4. The summed E-state index contributed by atoms with van der Waals surface area (Å²) in [5.41, 5.74) is 2.08. The van der Waals surface area contributed by atoms with E-state index in [0.29, 0.717) is 18.7 Å². The number of hydrogen-bond donors (Lipinski definition) is 2. The Morgan fingerprint density at radius 3 is 2.77 bits per heavy atom. The molecule has 0 spiro atoms. The summed E-state index contributed by atoms with van der Waals surface area (Å²) < 4.78 is 0. The Morgan fingerprint density at radius 2 is 2.08 bits per heavy atom. The normalized spacial score (nSPS) is 20.1. The average Bonchev–Trinajstić information content (AvgIpc) is 3.18. The first kappa shape index (κ1) is 18.4. The molecule has 6 nitrogen and oxygen atoms in total. The van der Waals surface area contributed by atoms with Crippen LogP contribution in [0.4, 0.5) is 0 Å². The number of carbonyl (C=O) groups is 2. The predicted molar refractivity (Wildman–Crippen MR) is 102 cm³/mol. The highest BCUT2D eigenvalue weighted by molar-refractivity contribution is 5.98. The van der Waals surface area contributed by atoms with Crippen molar-refractivity contribution in [3.05, 3.63) is 29.5 Å². The van der Waals surface area contributed by atoms with Gasteiger partial charge in [0.2, 0.25) is 5.91 Å². The van der Waals surface area contributed by atoms with E-state index in [1.807, 2.05) is 50.8 Å². The molecular formula is C20H28N4O2. The van der Waals surface area contributed by atoms with Crippen molar-refractivity contribution in [2.24, 2.45) is 5.92 Å². The SMILES string of the molecule is CCC(CC)C(=O)NC1(C)CCN(C(=O)c2ccc3c(C)[nH]nc3c2)C1. The monoisotopic (exact) mass is 356 g/mol. The number of likely N-dealkylation sites (tertiary alicyclic amines) is 1. The maximum Gasteiger partial charge on any atom is 0.254 e. The Bertz CT molecular complexity index is 824. The number of H-pyrrole nitrogens is 1. The van der Waals surface area contributed by atoms with Gasteiger partial charge in [0.1, 0.15) is 0 Å². The van der Waals surface area contributed by atoms with Crippen LogP contribution in [0.1, 0.15) is 56.1 Å². The molecule has 1 aliphatic heterocycles. The second kappa shape index (κ2) is 7.09. The van der Waals surface area contributed by atoms with E-state index in [4.69, 9.17) is 0 Å². The summed E-state index contributed by atoms with van der Waals surface area (Å²) in [4.78, 5) is 27.2. The third kappa shape index (κ3) is 3.45. The number of benzene rings is 1. The van der Waals surface area contributed by atoms with Gasteiger partial charge < -0.3 is 10.2 Å². The molecule has 0 saturated carbocycles. The van der Waals surface area contributed by atoms with Gasteiger partial charge in [-0.25, -0.2) is 0 Å². The number of fused-ring (bicyclic) bond motifs is 1. The van der Waals surface area contributed by atoms with E-state index in [1.165, 1.54) is 0 Å². The number of amides is 2. The van der Waals surface area contributed by atoms with Gasteiger partial charge in [0.15, 0.2) is 0 Å². The smallest absolute Gasteiger partial charge is 0.254 e. The van der Waals surface area contributed by atoms with Gasteiger partial charge in [-0.05, 0) is 45.2 Å². The lowest BCUT2D eigenvalue weighted by atomic mass is 9.97. The Morgan fingerprint density at radius 1 is 1.35 bits per heavy atom. The van der Waals surface area contributed by atoms with Crippen molar-refractivity contribution >= 4 is 22.7 Å². The van der Waals surface area contributed by atoms with Crippen LogP contribution in [0.2, 0.25) is 0 Å². The van der Waals surface area contributed by atoms with Crippen molar-refractivity contribution < 1.29 is 9.59 Å². The van der Waals surface area contributed by atoms with Crippen LogP contribution in [-0.4, -0.2) is 45.5 Å². The molecule has 1 aliphatic rings. The van der Waals surface area contributed by atoms with Gasteiger partial charge in [-0.15, -0.1) is 0 Å². The molecule has 1 aromatic heterocycles. The molecule has 2 heterocycles. The van der Waals surface area contributed by atoms with E-state index in [2.05, 4.69) is 15.5 Å². The molecular weight excluding hydrogens is 328 g/mol. The van der Waals surface area contributed by atoms with E-state index in [1.54, 1.807) is 0 Å². The van der Waals surface area contributed by atoms with E-state index in [9.17, 15) is 9.59 Å². The van der Waals surface area contributed by atoms with Crippen molar-refractivity contribution in [1.29, 1.82) is 0 Å². The molecule has 2 amide bonds. The van der Waals surface area contributed by atoms with Gasteiger partial charge in [-0.1, -0.05) is 19.9 Å². The summed E-state index contributed by atoms with van der Waals surface area (Å²) in [6.07, 6.45) is 2.45. The number of hydrogen-bond acceptors (Lipinski definition) is 3. The summed E-state index contributed by atoms with van der Waals surface area (Å²) in [6, 6.07) is 5.62. The molecule has 3 rings (SSSR count). The quantitative estimate of drug-likeness (QED) is 0.864. The molecule has 1 saturated heterocycles. The fourth-order valence-corrected chi connectivity index (χ4v) is 3.76. The summed E-state index contributed by atoms with van der Waals surface area (Å²) in [6.45, 7) is 9.25. The molecule has 1 fully saturated rings. The zero-order valence-corrected chi connectivity index (χ0v) is 16.1. The van der Waals surface area contributed by atoms with Crippen LogP contribution in [0, 0.1) is 12.8 Å². The minimum atomic E-state index is -0.359. The highest BCUT2D eigenvalue weighted by Crippen LogP contribution is 2.25. The number of nitrogens with zero attached hydrogens (tertiary/aromatic N) is 2. The molecule has 1 atom stereocenters. The Balaban J connectivity index is 1.70. The van der Waals surface area contributed by atoms with Gasteiger partial charge in [0, 0.05) is 35.7 Å². The van der Waals surface area contributed by atoms with E-state index in [-0.39, 0.29) is 23.3 Å². The summed E-state index contributed by atoms with van der Waals surface area (Å²) in [5.74, 6) is 0.134. The van der Waals surface area contributed by atoms with Crippen molar-refractivity contribution in [2.75, 3.05) is 13.1 Å². The first-order valence-corrected chi connectivity index (χ1v) is 9.43. The molecule has 2 aromatic rings. The fourth-order valence-electron chi connectivity index (χ4n) is 3.76. The van der Waals surface area contributed by atoms with Crippen LogP contribution in [-0.2, 0) is 4.79 Å². The molecule has 0 radical (unpaired) electrons. The van der Waals surface area contributed by atoms with Gasteiger partial charge in [-0.3, -0.25) is 14.7 Å². The number of aryl methyl sites for hydroxylation is 1.